The predicted molar refractivity (Wildman–Crippen MR) is 68.5 cm³/mol. The smallest absolute Gasteiger partial charge is 0.169 e. The van der Waals surface area contributed by atoms with Crippen molar-refractivity contribution < 1.29 is 4.42 Å². The summed E-state index contributed by atoms with van der Waals surface area (Å²) >= 11 is 3.35. The molecule has 1 aliphatic rings. The highest BCUT2D eigenvalue weighted by atomic mass is 79.9. The molecule has 0 saturated carbocycles. The number of rotatable bonds is 3. The lowest BCUT2D eigenvalue weighted by molar-refractivity contribution is 0.134. The number of nitrogens with one attached hydrogen (secondary N) is 1. The lowest BCUT2D eigenvalue weighted by Gasteiger charge is -2.35. The summed E-state index contributed by atoms with van der Waals surface area (Å²) in [4.78, 5) is 2.48. The number of hydrogen-bond donors (Lipinski definition) is 1. The summed E-state index contributed by atoms with van der Waals surface area (Å²) in [5.74, 6) is 1.05. The van der Waals surface area contributed by atoms with Gasteiger partial charge in [-0.2, -0.15) is 0 Å². The van der Waals surface area contributed by atoms with Gasteiger partial charge >= 0.3 is 0 Å². The molecule has 1 aliphatic heterocycles. The number of furan rings is 1. The molecule has 1 aromatic rings. The second-order valence-corrected chi connectivity index (χ2v) is 5.22. The summed E-state index contributed by atoms with van der Waals surface area (Å²) in [7, 11) is 2.04. The molecule has 1 saturated heterocycles. The molecule has 0 amide bonds. The van der Waals surface area contributed by atoms with E-state index in [-0.39, 0.29) is 0 Å². The van der Waals surface area contributed by atoms with E-state index in [1.165, 1.54) is 12.8 Å². The standard InChI is InChI=1S/C12H19BrN2O/c1-9(11-5-6-12(13)16-11)15-7-3-4-10(8-15)14-2/h5-6,9-10,14H,3-4,7-8H2,1-2H3. The Labute approximate surface area is 105 Å². The SMILES string of the molecule is CNC1CCCN(C(C)c2ccc(Br)o2)C1. The van der Waals surface area contributed by atoms with Crippen molar-refractivity contribution in [3.63, 3.8) is 0 Å². The van der Waals surface area contributed by atoms with Crippen LogP contribution < -0.4 is 5.32 Å². The van der Waals surface area contributed by atoms with Crippen LogP contribution in [0.2, 0.25) is 0 Å². The average Bonchev–Trinajstić information content (AvgIpc) is 2.75. The summed E-state index contributed by atoms with van der Waals surface area (Å²) in [6, 6.07) is 5.00. The van der Waals surface area contributed by atoms with E-state index < -0.39 is 0 Å². The number of piperidine rings is 1. The molecule has 1 aromatic heterocycles. The van der Waals surface area contributed by atoms with Crippen molar-refractivity contribution in [2.75, 3.05) is 20.1 Å². The first kappa shape index (κ1) is 12.1. The molecule has 16 heavy (non-hydrogen) atoms. The zero-order chi connectivity index (χ0) is 11.5. The van der Waals surface area contributed by atoms with Crippen LogP contribution in [0.5, 0.6) is 0 Å². The molecule has 2 unspecified atom stereocenters. The van der Waals surface area contributed by atoms with Gasteiger partial charge in [0.15, 0.2) is 4.67 Å². The number of likely N-dealkylation sites (tertiary alicyclic amines) is 1. The second kappa shape index (κ2) is 5.34. The summed E-state index contributed by atoms with van der Waals surface area (Å²) in [5.41, 5.74) is 0. The molecule has 3 nitrogen and oxygen atoms in total. The zero-order valence-electron chi connectivity index (χ0n) is 9.87. The first-order valence-electron chi connectivity index (χ1n) is 5.87. The number of nitrogens with zero attached hydrogens (tertiary/aromatic N) is 1. The van der Waals surface area contributed by atoms with Crippen LogP contribution in [-0.4, -0.2) is 31.1 Å². The molecule has 2 atom stereocenters. The molecule has 4 heteroatoms. The molecule has 0 bridgehead atoms. The van der Waals surface area contributed by atoms with Crippen LogP contribution in [0.3, 0.4) is 0 Å². The minimum atomic E-state index is 0.363. The van der Waals surface area contributed by atoms with E-state index >= 15 is 0 Å². The highest BCUT2D eigenvalue weighted by Gasteiger charge is 2.24. The molecular formula is C12H19BrN2O. The molecule has 2 rings (SSSR count). The monoisotopic (exact) mass is 286 g/mol. The Morgan fingerprint density at radius 1 is 1.56 bits per heavy atom. The Kier molecular flexibility index (Phi) is 4.05. The summed E-state index contributed by atoms with van der Waals surface area (Å²) in [6.45, 7) is 4.48. The summed E-state index contributed by atoms with van der Waals surface area (Å²) in [6.07, 6.45) is 2.54. The number of halogens is 1. The molecule has 1 fully saturated rings. The minimum Gasteiger partial charge on any atom is -0.453 e. The number of likely N-dealkylation sites (N-methyl/N-ethyl adjacent to an activating group) is 1. The predicted octanol–water partition coefficient (Wildman–Crippen LogP) is 2.79. The van der Waals surface area contributed by atoms with E-state index in [0.29, 0.717) is 12.1 Å². The van der Waals surface area contributed by atoms with Crippen LogP contribution in [-0.2, 0) is 0 Å². The van der Waals surface area contributed by atoms with E-state index in [9.17, 15) is 0 Å². The van der Waals surface area contributed by atoms with Gasteiger partial charge in [0.1, 0.15) is 5.76 Å². The van der Waals surface area contributed by atoms with E-state index in [0.717, 1.165) is 23.5 Å². The first-order valence-corrected chi connectivity index (χ1v) is 6.66. The third-order valence-corrected chi connectivity index (χ3v) is 3.84. The highest BCUT2D eigenvalue weighted by Crippen LogP contribution is 2.27. The van der Waals surface area contributed by atoms with E-state index in [1.807, 2.05) is 13.1 Å². The van der Waals surface area contributed by atoms with Crippen LogP contribution in [0.4, 0.5) is 0 Å². The van der Waals surface area contributed by atoms with Gasteiger partial charge in [0.2, 0.25) is 0 Å². The lowest BCUT2D eigenvalue weighted by atomic mass is 10.0. The Morgan fingerprint density at radius 3 is 3.00 bits per heavy atom. The highest BCUT2D eigenvalue weighted by molar-refractivity contribution is 9.10. The van der Waals surface area contributed by atoms with E-state index in [1.54, 1.807) is 0 Å². The molecule has 0 radical (unpaired) electrons. The second-order valence-electron chi connectivity index (χ2n) is 4.44. The fourth-order valence-electron chi connectivity index (χ4n) is 2.33. The Hall–Kier alpha value is -0.320. The zero-order valence-corrected chi connectivity index (χ0v) is 11.5. The quantitative estimate of drug-likeness (QED) is 0.926. The average molecular weight is 287 g/mol. The van der Waals surface area contributed by atoms with Gasteiger partial charge in [-0.3, -0.25) is 4.90 Å². The van der Waals surface area contributed by atoms with E-state index in [2.05, 4.69) is 39.1 Å². The Bertz CT molecular complexity index is 340. The van der Waals surface area contributed by atoms with Gasteiger partial charge in [0, 0.05) is 12.6 Å². The van der Waals surface area contributed by atoms with Gasteiger partial charge in [0.25, 0.3) is 0 Å². The summed E-state index contributed by atoms with van der Waals surface area (Å²) in [5, 5.41) is 3.36. The van der Waals surface area contributed by atoms with Crippen LogP contribution >= 0.6 is 15.9 Å². The largest absolute Gasteiger partial charge is 0.453 e. The van der Waals surface area contributed by atoms with Gasteiger partial charge in [-0.15, -0.1) is 0 Å². The molecule has 90 valence electrons. The molecular weight excluding hydrogens is 268 g/mol. The summed E-state index contributed by atoms with van der Waals surface area (Å²) < 4.78 is 6.44. The fraction of sp³-hybridized carbons (Fsp3) is 0.667. The molecule has 1 N–H and O–H groups in total. The topological polar surface area (TPSA) is 28.4 Å². The molecule has 0 aliphatic carbocycles. The van der Waals surface area contributed by atoms with Gasteiger partial charge < -0.3 is 9.73 Å². The van der Waals surface area contributed by atoms with Crippen LogP contribution in [0.15, 0.2) is 21.2 Å². The van der Waals surface area contributed by atoms with Gasteiger partial charge in [-0.1, -0.05) is 0 Å². The Morgan fingerprint density at radius 2 is 2.38 bits per heavy atom. The van der Waals surface area contributed by atoms with Crippen molar-refractivity contribution in [1.29, 1.82) is 0 Å². The van der Waals surface area contributed by atoms with Gasteiger partial charge in [-0.25, -0.2) is 0 Å². The Balaban J connectivity index is 2.01. The van der Waals surface area contributed by atoms with Crippen LogP contribution in [0, 0.1) is 0 Å². The van der Waals surface area contributed by atoms with Crippen molar-refractivity contribution in [2.24, 2.45) is 0 Å². The fourth-order valence-corrected chi connectivity index (χ4v) is 2.65. The lowest BCUT2D eigenvalue weighted by Crippen LogP contribution is -2.45. The van der Waals surface area contributed by atoms with Gasteiger partial charge in [0.05, 0.1) is 6.04 Å². The van der Waals surface area contributed by atoms with Crippen LogP contribution in [0.1, 0.15) is 31.6 Å². The first-order chi connectivity index (χ1) is 7.70. The van der Waals surface area contributed by atoms with Crippen molar-refractivity contribution in [3.05, 3.63) is 22.6 Å². The maximum atomic E-state index is 5.62. The van der Waals surface area contributed by atoms with Crippen molar-refractivity contribution in [2.45, 2.75) is 31.8 Å². The van der Waals surface area contributed by atoms with Crippen molar-refractivity contribution >= 4 is 15.9 Å². The van der Waals surface area contributed by atoms with Crippen molar-refractivity contribution in [3.8, 4) is 0 Å². The molecule has 0 spiro atoms. The minimum absolute atomic E-state index is 0.363. The van der Waals surface area contributed by atoms with Crippen LogP contribution in [0.25, 0.3) is 0 Å². The molecule has 2 heterocycles. The van der Waals surface area contributed by atoms with Gasteiger partial charge in [-0.05, 0) is 61.4 Å². The van der Waals surface area contributed by atoms with Crippen molar-refractivity contribution in [1.82, 2.24) is 10.2 Å². The maximum absolute atomic E-state index is 5.62. The van der Waals surface area contributed by atoms with E-state index in [4.69, 9.17) is 4.42 Å². The third kappa shape index (κ3) is 2.67. The third-order valence-electron chi connectivity index (χ3n) is 3.41. The normalized spacial score (nSPS) is 24.6. The molecule has 0 aromatic carbocycles. The number of hydrogen-bond acceptors (Lipinski definition) is 3. The maximum Gasteiger partial charge on any atom is 0.169 e.